The summed E-state index contributed by atoms with van der Waals surface area (Å²) in [6.07, 6.45) is 16.9. The third-order valence-electron chi connectivity index (χ3n) is 15.7. The minimum atomic E-state index is -0.205. The van der Waals surface area contributed by atoms with Crippen LogP contribution < -0.4 is 0 Å². The van der Waals surface area contributed by atoms with Gasteiger partial charge in [-0.3, -0.25) is 15.0 Å². The van der Waals surface area contributed by atoms with Gasteiger partial charge in [0.05, 0.1) is 0 Å². The topological polar surface area (TPSA) is 139 Å². The molecule has 6 atom stereocenters. The number of aromatic amines is 1. The highest BCUT2D eigenvalue weighted by molar-refractivity contribution is 5.86. The third-order valence-corrected chi connectivity index (χ3v) is 15.7. The SMILES string of the molecule is Cc1[nH]nc(-c2cc(C(C)C)c(O)cc2O)c1-c1ccc(CN2CCN(C(=O)OC3CCC4(C)C(=CCC5C6CC=C(c7cccnc7)C6(C)CCC54C=N)C3)CC2)cc1. The minimum absolute atomic E-state index is 0.00654. The lowest BCUT2D eigenvalue weighted by molar-refractivity contribution is -0.0630. The zero-order valence-corrected chi connectivity index (χ0v) is 35.8. The molecule has 9 rings (SSSR count). The number of nitrogens with zero attached hydrogens (tertiary/aromatic N) is 4. The van der Waals surface area contributed by atoms with Crippen molar-refractivity contribution in [2.24, 2.45) is 28.1 Å². The highest BCUT2D eigenvalue weighted by Gasteiger charge is 2.64. The number of amides is 1. The Morgan fingerprint density at radius 2 is 1.75 bits per heavy atom. The average Bonchev–Trinajstić information content (AvgIpc) is 3.80. The fraction of sp³-hybridized carbons (Fsp3) is 0.480. The lowest BCUT2D eigenvalue weighted by atomic mass is 9.40. The van der Waals surface area contributed by atoms with E-state index in [2.05, 4.69) is 76.4 Å². The van der Waals surface area contributed by atoms with E-state index in [4.69, 9.17) is 10.1 Å². The first kappa shape index (κ1) is 40.2. The fourth-order valence-electron chi connectivity index (χ4n) is 12.2. The molecule has 0 radical (unpaired) electrons. The van der Waals surface area contributed by atoms with E-state index in [9.17, 15) is 15.0 Å². The zero-order chi connectivity index (χ0) is 42.0. The van der Waals surface area contributed by atoms with Gasteiger partial charge < -0.3 is 25.3 Å². The molecule has 60 heavy (non-hydrogen) atoms. The van der Waals surface area contributed by atoms with Crippen LogP contribution in [0, 0.1) is 40.4 Å². The summed E-state index contributed by atoms with van der Waals surface area (Å²) in [6.45, 7) is 14.5. The molecule has 10 heteroatoms. The Bertz CT molecular complexity index is 2340. The van der Waals surface area contributed by atoms with Gasteiger partial charge in [0.25, 0.3) is 0 Å². The van der Waals surface area contributed by atoms with Crippen molar-refractivity contribution in [3.05, 3.63) is 101 Å². The number of ether oxygens (including phenoxy) is 1. The number of hydrogen-bond donors (Lipinski definition) is 4. The number of carbonyl (C=O) groups excluding carboxylic acids is 1. The second kappa shape index (κ2) is 15.4. The molecule has 1 amide bonds. The Labute approximate surface area is 354 Å². The van der Waals surface area contributed by atoms with E-state index in [0.29, 0.717) is 36.2 Å². The molecule has 3 fully saturated rings. The quantitative estimate of drug-likeness (QED) is 0.103. The molecule has 4 N–H and O–H groups in total. The number of fused-ring (bicyclic) bond motifs is 5. The molecule has 1 saturated heterocycles. The molecule has 4 aliphatic carbocycles. The van der Waals surface area contributed by atoms with Crippen molar-refractivity contribution in [1.82, 2.24) is 25.0 Å². The molecule has 5 aliphatic rings. The number of hydrogen-bond acceptors (Lipinski definition) is 8. The average molecular weight is 809 g/mol. The van der Waals surface area contributed by atoms with Crippen LogP contribution in [0.25, 0.3) is 28.0 Å². The zero-order valence-electron chi connectivity index (χ0n) is 35.8. The van der Waals surface area contributed by atoms with Crippen LogP contribution >= 0.6 is 0 Å². The van der Waals surface area contributed by atoms with Crippen molar-refractivity contribution in [3.8, 4) is 33.9 Å². The van der Waals surface area contributed by atoms with Crippen LogP contribution in [0.1, 0.15) is 101 Å². The van der Waals surface area contributed by atoms with Gasteiger partial charge in [-0.1, -0.05) is 75.8 Å². The van der Waals surface area contributed by atoms with Crippen molar-refractivity contribution in [2.75, 3.05) is 26.2 Å². The Balaban J connectivity index is 0.803. The van der Waals surface area contributed by atoms with Gasteiger partial charge in [-0.05, 0) is 114 Å². The van der Waals surface area contributed by atoms with Crippen LogP contribution in [-0.4, -0.2) is 79.8 Å². The smallest absolute Gasteiger partial charge is 0.410 e. The monoisotopic (exact) mass is 808 g/mol. The molecule has 2 aromatic heterocycles. The van der Waals surface area contributed by atoms with Crippen molar-refractivity contribution >= 4 is 17.9 Å². The first-order chi connectivity index (χ1) is 28.8. The van der Waals surface area contributed by atoms with Gasteiger partial charge in [-0.25, -0.2) is 4.79 Å². The largest absolute Gasteiger partial charge is 0.508 e. The number of aromatic nitrogens is 3. The Morgan fingerprint density at radius 3 is 2.47 bits per heavy atom. The number of aryl methyl sites for hydroxylation is 1. The summed E-state index contributed by atoms with van der Waals surface area (Å²) in [6, 6.07) is 16.0. The van der Waals surface area contributed by atoms with Gasteiger partial charge in [0.15, 0.2) is 0 Å². The van der Waals surface area contributed by atoms with Gasteiger partial charge in [0, 0.05) is 86.1 Å². The van der Waals surface area contributed by atoms with Crippen LogP contribution in [0.5, 0.6) is 11.5 Å². The molecule has 314 valence electrons. The summed E-state index contributed by atoms with van der Waals surface area (Å²) in [5.41, 5.74) is 9.88. The van der Waals surface area contributed by atoms with Crippen LogP contribution in [0.2, 0.25) is 0 Å². The van der Waals surface area contributed by atoms with E-state index in [1.807, 2.05) is 56.4 Å². The molecular weight excluding hydrogens is 749 g/mol. The molecule has 3 heterocycles. The van der Waals surface area contributed by atoms with Crippen molar-refractivity contribution < 1.29 is 19.7 Å². The van der Waals surface area contributed by atoms with Gasteiger partial charge in [-0.15, -0.1) is 0 Å². The van der Waals surface area contributed by atoms with E-state index < -0.39 is 0 Å². The standard InChI is InChI=1S/C50H60N6O4/c1-31(2)38-26-39(44(58)27-43(38)57)46-45(32(3)53-54-46)34-10-8-33(9-11-34)29-55-21-23-56(24-22-55)47(59)60-37-16-17-49(5)36(25-37)12-13-42-41-15-14-40(35-7-6-20-52-28-35)48(41,4)18-19-50(42,49)30-51/h6-12,14,20,26-28,30-31,37,41-42,51,57-58H,13,15-19,21-25,29H2,1-5H3,(H,53,54). The van der Waals surface area contributed by atoms with Gasteiger partial charge in [0.1, 0.15) is 23.3 Å². The summed E-state index contributed by atoms with van der Waals surface area (Å²) in [7, 11) is 0. The van der Waals surface area contributed by atoms with Crippen molar-refractivity contribution in [1.29, 1.82) is 5.41 Å². The Kier molecular flexibility index (Phi) is 10.3. The number of carbonyl (C=O) groups is 1. The van der Waals surface area contributed by atoms with Crippen LogP contribution in [-0.2, 0) is 11.3 Å². The van der Waals surface area contributed by atoms with E-state index in [-0.39, 0.29) is 45.9 Å². The molecule has 0 spiro atoms. The number of phenolic OH excluding ortho intramolecular Hbond substituents is 2. The number of benzene rings is 2. The molecule has 4 aromatic rings. The van der Waals surface area contributed by atoms with Crippen molar-refractivity contribution in [2.45, 2.75) is 98.1 Å². The van der Waals surface area contributed by atoms with Gasteiger partial charge in [-0.2, -0.15) is 5.10 Å². The minimum Gasteiger partial charge on any atom is -0.508 e. The predicted octanol–water partition coefficient (Wildman–Crippen LogP) is 10.3. The number of phenols is 2. The molecule has 0 bridgehead atoms. The predicted molar refractivity (Wildman–Crippen MR) is 236 cm³/mol. The van der Waals surface area contributed by atoms with E-state index in [1.165, 1.54) is 28.3 Å². The molecule has 2 saturated carbocycles. The van der Waals surface area contributed by atoms with E-state index >= 15 is 0 Å². The fourth-order valence-corrected chi connectivity index (χ4v) is 12.2. The van der Waals surface area contributed by atoms with Crippen LogP contribution in [0.4, 0.5) is 4.79 Å². The van der Waals surface area contributed by atoms with Gasteiger partial charge >= 0.3 is 6.09 Å². The van der Waals surface area contributed by atoms with Crippen molar-refractivity contribution in [3.63, 3.8) is 0 Å². The van der Waals surface area contributed by atoms with Crippen LogP contribution in [0.3, 0.4) is 0 Å². The number of pyridine rings is 1. The number of nitrogens with one attached hydrogen (secondary N) is 2. The molecular formula is C50H60N6O4. The first-order valence-electron chi connectivity index (χ1n) is 22.1. The second-order valence-electron chi connectivity index (χ2n) is 19.1. The second-order valence-corrected chi connectivity index (χ2v) is 19.1. The lowest BCUT2D eigenvalue weighted by Crippen LogP contribution is -2.58. The summed E-state index contributed by atoms with van der Waals surface area (Å²) in [4.78, 5) is 22.3. The Morgan fingerprint density at radius 1 is 0.983 bits per heavy atom. The maximum absolute atomic E-state index is 13.6. The highest BCUT2D eigenvalue weighted by Crippen LogP contribution is 2.71. The van der Waals surface area contributed by atoms with E-state index in [0.717, 1.165) is 87.0 Å². The summed E-state index contributed by atoms with van der Waals surface area (Å²) in [5, 5.41) is 37.9. The van der Waals surface area contributed by atoms with Gasteiger partial charge in [0.2, 0.25) is 0 Å². The number of piperazine rings is 1. The lowest BCUT2D eigenvalue weighted by Gasteiger charge is -2.63. The molecule has 2 aromatic carbocycles. The highest BCUT2D eigenvalue weighted by atomic mass is 16.6. The van der Waals surface area contributed by atoms with E-state index in [1.54, 1.807) is 0 Å². The summed E-state index contributed by atoms with van der Waals surface area (Å²) >= 11 is 0. The van der Waals surface area contributed by atoms with Crippen LogP contribution in [0.15, 0.2) is 78.6 Å². The molecule has 1 aliphatic heterocycles. The number of aromatic hydroxyl groups is 2. The maximum atomic E-state index is 13.6. The summed E-state index contributed by atoms with van der Waals surface area (Å²) in [5.74, 6) is 1.08. The number of rotatable bonds is 8. The molecule has 6 unspecified atom stereocenters. The molecule has 10 nitrogen and oxygen atoms in total. The number of H-pyrrole nitrogens is 1. The normalized spacial score (nSPS) is 29.0. The maximum Gasteiger partial charge on any atom is 0.410 e. The first-order valence-corrected chi connectivity index (χ1v) is 22.1. The summed E-state index contributed by atoms with van der Waals surface area (Å²) < 4.78 is 6.28. The number of allylic oxidation sites excluding steroid dienone is 3. The Hall–Kier alpha value is -5.22. The third kappa shape index (κ3) is 6.57.